The van der Waals surface area contributed by atoms with Gasteiger partial charge in [0.25, 0.3) is 0 Å². The molecule has 0 saturated heterocycles. The summed E-state index contributed by atoms with van der Waals surface area (Å²) >= 11 is 0. The van der Waals surface area contributed by atoms with Gasteiger partial charge in [-0.25, -0.2) is 0 Å². The van der Waals surface area contributed by atoms with Crippen LogP contribution in [0.3, 0.4) is 0 Å². The summed E-state index contributed by atoms with van der Waals surface area (Å²) in [6.45, 7) is 4.86. The normalized spacial score (nSPS) is 12.8. The molecule has 0 rings (SSSR count). The third kappa shape index (κ3) is 47.7. The first-order valence-corrected chi connectivity index (χ1v) is 27.1. The number of allylic oxidation sites excluding steroid dienone is 3. The van der Waals surface area contributed by atoms with Crippen LogP contribution in [0.1, 0.15) is 290 Å². The fourth-order valence-electron chi connectivity index (χ4n) is 8.27. The zero-order valence-corrected chi connectivity index (χ0v) is 40.9. The number of aliphatic hydroxyl groups is 2. The van der Waals surface area contributed by atoms with Crippen molar-refractivity contribution in [3.63, 3.8) is 0 Å². The molecule has 0 aromatic rings. The van der Waals surface area contributed by atoms with Crippen molar-refractivity contribution in [3.05, 3.63) is 24.3 Å². The number of carbonyl (C=O) groups excluding carboxylic acids is 2. The van der Waals surface area contributed by atoms with Crippen molar-refractivity contribution < 1.29 is 24.5 Å². The van der Waals surface area contributed by atoms with E-state index in [1.165, 1.54) is 205 Å². The van der Waals surface area contributed by atoms with Crippen LogP contribution in [0.5, 0.6) is 0 Å². The summed E-state index contributed by atoms with van der Waals surface area (Å²) in [6.07, 6.45) is 60.3. The number of hydrogen-bond acceptors (Lipinski definition) is 5. The largest absolute Gasteiger partial charge is 0.466 e. The lowest BCUT2D eigenvalue weighted by molar-refractivity contribution is -0.143. The van der Waals surface area contributed by atoms with Crippen LogP contribution in [-0.4, -0.2) is 47.4 Å². The zero-order valence-electron chi connectivity index (χ0n) is 40.9. The van der Waals surface area contributed by atoms with E-state index < -0.39 is 12.1 Å². The van der Waals surface area contributed by atoms with Gasteiger partial charge in [-0.3, -0.25) is 9.59 Å². The van der Waals surface area contributed by atoms with Crippen LogP contribution in [0.4, 0.5) is 0 Å². The topological polar surface area (TPSA) is 95.9 Å². The SMILES string of the molecule is CCCCCCC/C=C\CCCCCCCC(=O)OCCCCCCCCCCCCCC(=O)NC(CO)C(O)/C=C/CCCCCCCCCCCCCCCCCCC. The van der Waals surface area contributed by atoms with Crippen molar-refractivity contribution in [1.29, 1.82) is 0 Å². The van der Waals surface area contributed by atoms with Crippen molar-refractivity contribution in [2.24, 2.45) is 0 Å². The molecule has 0 bridgehead atoms. The van der Waals surface area contributed by atoms with E-state index in [4.69, 9.17) is 4.74 Å². The number of nitrogens with one attached hydrogen (secondary N) is 1. The maximum Gasteiger partial charge on any atom is 0.305 e. The van der Waals surface area contributed by atoms with Crippen LogP contribution in [0, 0.1) is 0 Å². The molecule has 0 aromatic carbocycles. The molecule has 0 aliphatic rings. The van der Waals surface area contributed by atoms with Gasteiger partial charge in [-0.2, -0.15) is 0 Å². The summed E-state index contributed by atoms with van der Waals surface area (Å²) < 4.78 is 5.45. The smallest absolute Gasteiger partial charge is 0.305 e. The molecule has 0 saturated carbocycles. The number of esters is 1. The highest BCUT2D eigenvalue weighted by Crippen LogP contribution is 2.16. The molecule has 6 nitrogen and oxygen atoms in total. The standard InChI is InChI=1S/C55H105NO5/c1-3-5-7-9-11-13-15-17-19-20-21-22-23-24-27-31-35-39-43-47-53(58)52(51-57)56-54(59)48-44-40-36-32-28-26-30-34-38-42-46-50-61-55(60)49-45-41-37-33-29-25-18-16-14-12-10-8-6-4-2/h16,18,43,47,52-53,57-58H,3-15,17,19-42,44-46,48-51H2,1-2H3,(H,56,59)/b18-16-,47-43+. The van der Waals surface area contributed by atoms with Gasteiger partial charge in [0, 0.05) is 12.8 Å². The van der Waals surface area contributed by atoms with Crippen LogP contribution in [0.25, 0.3) is 0 Å². The summed E-state index contributed by atoms with van der Waals surface area (Å²) in [5, 5.41) is 23.1. The summed E-state index contributed by atoms with van der Waals surface area (Å²) in [5.74, 6) is -0.109. The molecule has 3 N–H and O–H groups in total. The monoisotopic (exact) mass is 860 g/mol. The van der Waals surface area contributed by atoms with E-state index in [-0.39, 0.29) is 18.5 Å². The molecule has 0 aliphatic carbocycles. The Labute approximate surface area is 380 Å². The first-order chi connectivity index (χ1) is 30.0. The number of hydrogen-bond donors (Lipinski definition) is 3. The Morgan fingerprint density at radius 1 is 0.443 bits per heavy atom. The summed E-state index contributed by atoms with van der Waals surface area (Å²) in [7, 11) is 0. The number of aliphatic hydroxyl groups excluding tert-OH is 2. The molecule has 0 aliphatic heterocycles. The van der Waals surface area contributed by atoms with E-state index in [0.29, 0.717) is 19.4 Å². The van der Waals surface area contributed by atoms with Gasteiger partial charge in [0.2, 0.25) is 5.91 Å². The van der Waals surface area contributed by atoms with Gasteiger partial charge in [0.05, 0.1) is 25.4 Å². The van der Waals surface area contributed by atoms with Gasteiger partial charge in [-0.15, -0.1) is 0 Å². The molecule has 360 valence electrons. The number of amides is 1. The Morgan fingerprint density at radius 2 is 0.770 bits per heavy atom. The lowest BCUT2D eigenvalue weighted by Crippen LogP contribution is -2.45. The van der Waals surface area contributed by atoms with E-state index in [2.05, 4.69) is 31.3 Å². The third-order valence-corrected chi connectivity index (χ3v) is 12.5. The Balaban J connectivity index is 3.51. The van der Waals surface area contributed by atoms with E-state index in [0.717, 1.165) is 57.8 Å². The quantitative estimate of drug-likeness (QED) is 0.0322. The minimum Gasteiger partial charge on any atom is -0.466 e. The average Bonchev–Trinajstić information content (AvgIpc) is 3.26. The summed E-state index contributed by atoms with van der Waals surface area (Å²) in [5.41, 5.74) is 0. The first-order valence-electron chi connectivity index (χ1n) is 27.1. The first kappa shape index (κ1) is 59.3. The Hall–Kier alpha value is -1.66. The molecule has 2 unspecified atom stereocenters. The highest BCUT2D eigenvalue weighted by molar-refractivity contribution is 5.76. The van der Waals surface area contributed by atoms with Crippen LogP contribution in [-0.2, 0) is 14.3 Å². The lowest BCUT2D eigenvalue weighted by atomic mass is 10.0. The highest BCUT2D eigenvalue weighted by atomic mass is 16.5. The van der Waals surface area contributed by atoms with Crippen LogP contribution in [0.15, 0.2) is 24.3 Å². The number of ether oxygens (including phenoxy) is 1. The van der Waals surface area contributed by atoms with Crippen molar-refractivity contribution in [3.8, 4) is 0 Å². The Kier molecular flexibility index (Phi) is 49.6. The fraction of sp³-hybridized carbons (Fsp3) is 0.891. The molecular weight excluding hydrogens is 755 g/mol. The average molecular weight is 860 g/mol. The second kappa shape index (κ2) is 51.0. The van der Waals surface area contributed by atoms with Gasteiger partial charge in [0.1, 0.15) is 0 Å². The van der Waals surface area contributed by atoms with Gasteiger partial charge >= 0.3 is 5.97 Å². The van der Waals surface area contributed by atoms with Gasteiger partial charge in [0.15, 0.2) is 0 Å². The van der Waals surface area contributed by atoms with Crippen molar-refractivity contribution in [2.45, 2.75) is 302 Å². The molecule has 6 heteroatoms. The second-order valence-electron chi connectivity index (χ2n) is 18.6. The number of carbonyl (C=O) groups is 2. The number of rotatable bonds is 50. The number of unbranched alkanes of at least 4 members (excludes halogenated alkanes) is 37. The van der Waals surface area contributed by atoms with Gasteiger partial charge < -0.3 is 20.3 Å². The van der Waals surface area contributed by atoms with Crippen molar-refractivity contribution in [2.75, 3.05) is 13.2 Å². The van der Waals surface area contributed by atoms with Crippen LogP contribution < -0.4 is 5.32 Å². The van der Waals surface area contributed by atoms with Gasteiger partial charge in [-0.1, -0.05) is 244 Å². The Bertz CT molecular complexity index is 951. The molecule has 0 aromatic heterocycles. The predicted molar refractivity (Wildman–Crippen MR) is 264 cm³/mol. The summed E-state index contributed by atoms with van der Waals surface area (Å²) in [4.78, 5) is 24.5. The third-order valence-electron chi connectivity index (χ3n) is 12.5. The second-order valence-corrected chi connectivity index (χ2v) is 18.6. The van der Waals surface area contributed by atoms with Crippen molar-refractivity contribution >= 4 is 11.9 Å². The zero-order chi connectivity index (χ0) is 44.4. The van der Waals surface area contributed by atoms with E-state index in [1.54, 1.807) is 6.08 Å². The molecule has 61 heavy (non-hydrogen) atoms. The molecule has 0 fully saturated rings. The van der Waals surface area contributed by atoms with Crippen LogP contribution in [0.2, 0.25) is 0 Å². The van der Waals surface area contributed by atoms with E-state index in [9.17, 15) is 19.8 Å². The minimum absolute atomic E-state index is 0.0237. The predicted octanol–water partition coefficient (Wildman–Crippen LogP) is 16.3. The van der Waals surface area contributed by atoms with E-state index in [1.807, 2.05) is 6.08 Å². The fourth-order valence-corrected chi connectivity index (χ4v) is 8.27. The maximum absolute atomic E-state index is 12.5. The minimum atomic E-state index is -0.857. The van der Waals surface area contributed by atoms with Crippen LogP contribution >= 0.6 is 0 Å². The summed E-state index contributed by atoms with van der Waals surface area (Å²) in [6, 6.07) is -0.642. The molecule has 0 radical (unpaired) electrons. The van der Waals surface area contributed by atoms with E-state index >= 15 is 0 Å². The molecule has 2 atom stereocenters. The highest BCUT2D eigenvalue weighted by Gasteiger charge is 2.18. The molecular formula is C55H105NO5. The van der Waals surface area contributed by atoms with Crippen molar-refractivity contribution in [1.82, 2.24) is 5.32 Å². The Morgan fingerprint density at radius 3 is 1.16 bits per heavy atom. The maximum atomic E-state index is 12.5. The molecule has 1 amide bonds. The molecule has 0 heterocycles. The lowest BCUT2D eigenvalue weighted by Gasteiger charge is -2.20. The molecule has 0 spiro atoms. The van der Waals surface area contributed by atoms with Gasteiger partial charge in [-0.05, 0) is 57.8 Å².